The fourth-order valence-corrected chi connectivity index (χ4v) is 11.2. The van der Waals surface area contributed by atoms with Crippen LogP contribution in [0.25, 0.3) is 0 Å². The van der Waals surface area contributed by atoms with Crippen molar-refractivity contribution in [3.8, 4) is 40.2 Å². The summed E-state index contributed by atoms with van der Waals surface area (Å²) < 4.78 is 35.7. The smallest absolute Gasteiger partial charge is 0.341 e. The predicted octanol–water partition coefficient (Wildman–Crippen LogP) is 3.03. The summed E-state index contributed by atoms with van der Waals surface area (Å²) in [5, 5.41) is 41.4. The van der Waals surface area contributed by atoms with Crippen LogP contribution in [-0.4, -0.2) is 84.6 Å². The van der Waals surface area contributed by atoms with Gasteiger partial charge in [-0.2, -0.15) is 0 Å². The number of methoxy groups -OCH3 is 2. The van der Waals surface area contributed by atoms with Crippen LogP contribution in [0.3, 0.4) is 0 Å². The van der Waals surface area contributed by atoms with E-state index in [2.05, 4.69) is 10.6 Å². The molecule has 0 aliphatic carbocycles. The molecule has 3 aromatic carbocycles. The Morgan fingerprint density at radius 1 is 1.02 bits per heavy atom. The number of phenolic OH excluding ortho intramolecular Hbond substituents is 2. The van der Waals surface area contributed by atoms with Crippen molar-refractivity contribution in [2.75, 3.05) is 34.2 Å². The topological polar surface area (TPSA) is 178 Å². The first-order valence-electron chi connectivity index (χ1n) is 17.2. The third-order valence-corrected chi connectivity index (χ3v) is 13.0. The molecule has 7 atom stereocenters. The Morgan fingerprint density at radius 2 is 1.81 bits per heavy atom. The minimum atomic E-state index is -1.55. The van der Waals surface area contributed by atoms with Crippen molar-refractivity contribution >= 4 is 23.7 Å². The maximum Gasteiger partial charge on any atom is 0.341 e. The van der Waals surface area contributed by atoms with Crippen LogP contribution < -0.4 is 34.3 Å². The summed E-state index contributed by atoms with van der Waals surface area (Å²) in [5.74, 6) is 0.484. The fourth-order valence-electron chi connectivity index (χ4n) is 9.36. The number of fused-ring (bicyclic) bond motifs is 11. The number of piperazine rings is 1. The first-order chi connectivity index (χ1) is 25.0. The quantitative estimate of drug-likeness (QED) is 0.196. The van der Waals surface area contributed by atoms with Gasteiger partial charge >= 0.3 is 11.9 Å². The van der Waals surface area contributed by atoms with E-state index in [0.29, 0.717) is 64.5 Å². The highest BCUT2D eigenvalue weighted by atomic mass is 32.2. The molecule has 4 bridgehead atoms. The molecular weight excluding hydrogens is 694 g/mol. The summed E-state index contributed by atoms with van der Waals surface area (Å²) in [4.78, 5) is 28.0. The molecule has 0 amide bonds. The Balaban J connectivity index is 1.36. The molecule has 6 heterocycles. The van der Waals surface area contributed by atoms with Crippen LogP contribution in [0.15, 0.2) is 18.2 Å². The van der Waals surface area contributed by atoms with E-state index in [1.165, 1.54) is 32.9 Å². The van der Waals surface area contributed by atoms with Gasteiger partial charge in [0.2, 0.25) is 6.79 Å². The number of ether oxygens (including phenoxy) is 6. The molecular formula is C37H39N3O11S. The number of aromatic hydroxyl groups is 2. The van der Waals surface area contributed by atoms with Crippen LogP contribution in [-0.2, 0) is 32.0 Å². The van der Waals surface area contributed by atoms with Crippen molar-refractivity contribution in [1.29, 1.82) is 0 Å². The zero-order valence-electron chi connectivity index (χ0n) is 29.2. The highest BCUT2D eigenvalue weighted by Gasteiger charge is 2.62. The summed E-state index contributed by atoms with van der Waals surface area (Å²) in [7, 11) is 2.96. The van der Waals surface area contributed by atoms with Crippen LogP contribution in [0, 0.1) is 13.8 Å². The highest BCUT2D eigenvalue weighted by Crippen LogP contribution is 2.65. The molecule has 1 spiro atoms. The average molecular weight is 734 g/mol. The van der Waals surface area contributed by atoms with Crippen molar-refractivity contribution in [2.45, 2.75) is 74.1 Å². The van der Waals surface area contributed by atoms with Gasteiger partial charge in [0.05, 0.1) is 37.6 Å². The lowest BCUT2D eigenvalue weighted by Crippen LogP contribution is -2.69. The Bertz CT molecular complexity index is 2080. The van der Waals surface area contributed by atoms with Crippen LogP contribution in [0.1, 0.15) is 68.8 Å². The number of cyclic esters (lactones) is 1. The van der Waals surface area contributed by atoms with Gasteiger partial charge < -0.3 is 49.1 Å². The zero-order valence-corrected chi connectivity index (χ0v) is 30.0. The Hall–Kier alpha value is -4.41. The summed E-state index contributed by atoms with van der Waals surface area (Å²) >= 11 is 1.26. The molecule has 1 fully saturated rings. The maximum atomic E-state index is 14.8. The molecule has 6 aliphatic rings. The van der Waals surface area contributed by atoms with Crippen LogP contribution in [0.5, 0.6) is 40.2 Å². The second-order valence-corrected chi connectivity index (χ2v) is 15.4. The van der Waals surface area contributed by atoms with Crippen LogP contribution in [0.2, 0.25) is 0 Å². The normalized spacial score (nSPS) is 29.5. The maximum absolute atomic E-state index is 14.8. The van der Waals surface area contributed by atoms with E-state index in [-0.39, 0.29) is 36.4 Å². The molecule has 52 heavy (non-hydrogen) atoms. The van der Waals surface area contributed by atoms with Crippen molar-refractivity contribution < 1.29 is 53.3 Å². The molecule has 14 nitrogen and oxygen atoms in total. The number of thioether (sulfide) groups is 1. The van der Waals surface area contributed by atoms with Gasteiger partial charge in [-0.25, -0.2) is 4.79 Å². The van der Waals surface area contributed by atoms with Crippen molar-refractivity contribution in [3.63, 3.8) is 0 Å². The van der Waals surface area contributed by atoms with Gasteiger partial charge in [0.15, 0.2) is 39.4 Å². The molecule has 3 aromatic rings. The van der Waals surface area contributed by atoms with E-state index in [4.69, 9.17) is 28.4 Å². The number of aliphatic hydroxyl groups excluding tert-OH is 1. The summed E-state index contributed by atoms with van der Waals surface area (Å²) in [6.45, 7) is 5.10. The summed E-state index contributed by atoms with van der Waals surface area (Å²) in [6, 6.07) is 2.76. The van der Waals surface area contributed by atoms with Gasteiger partial charge in [0.25, 0.3) is 0 Å². The van der Waals surface area contributed by atoms with Crippen LogP contribution >= 0.6 is 11.8 Å². The summed E-state index contributed by atoms with van der Waals surface area (Å²) in [6.07, 6.45) is -0.144. The van der Waals surface area contributed by atoms with E-state index < -0.39 is 52.5 Å². The number of carbonyl (C=O) groups is 2. The molecule has 9 rings (SSSR count). The molecule has 0 aromatic heterocycles. The lowest BCUT2D eigenvalue weighted by Gasteiger charge is -2.58. The Kier molecular flexibility index (Phi) is 7.59. The first kappa shape index (κ1) is 33.4. The lowest BCUT2D eigenvalue weighted by atomic mass is 9.74. The van der Waals surface area contributed by atoms with E-state index in [1.54, 1.807) is 19.1 Å². The third kappa shape index (κ3) is 4.46. The Labute approximate surface area is 303 Å². The zero-order chi connectivity index (χ0) is 36.4. The van der Waals surface area contributed by atoms with Gasteiger partial charge in [-0.3, -0.25) is 15.0 Å². The number of nitrogens with zero attached hydrogens (tertiary/aromatic N) is 1. The lowest BCUT2D eigenvalue weighted by molar-refractivity contribution is -0.159. The molecule has 274 valence electrons. The highest BCUT2D eigenvalue weighted by molar-refractivity contribution is 8.01. The van der Waals surface area contributed by atoms with Crippen molar-refractivity contribution in [2.24, 2.45) is 0 Å². The molecule has 0 saturated carbocycles. The monoisotopic (exact) mass is 733 g/mol. The van der Waals surface area contributed by atoms with E-state index in [1.807, 2.05) is 17.9 Å². The second kappa shape index (κ2) is 11.8. The Morgan fingerprint density at radius 3 is 2.56 bits per heavy atom. The second-order valence-electron chi connectivity index (χ2n) is 14.1. The molecule has 1 saturated heterocycles. The standard InChI is InChI=1S/C37H39N3O11S/c1-14-8-18-9-20-35(44)40-21-12-48-36(45)37(19-11-23(46-4)22(42)10-17(19)6-7-38-37)52-34(28(40)27(39-20)24(18)29(43)30(14)47-5)26-25(21)33-32(49-13-50-33)15(2)31(26)51-16(3)41/h8,10-11,20-21,27-28,34-35,38-39,42-44H,6-7,9,12-13H2,1-5H3/t20?,21-,27?,28+,34+,35-,37-/m0/s1. The van der Waals surface area contributed by atoms with Crippen molar-refractivity contribution in [1.82, 2.24) is 15.5 Å². The molecule has 2 unspecified atom stereocenters. The molecule has 0 radical (unpaired) electrons. The minimum Gasteiger partial charge on any atom is -0.504 e. The molecule has 6 aliphatic heterocycles. The minimum absolute atomic E-state index is 0.00350. The SMILES string of the molecule is COc1cc2c(cc1O)CCN[C@]21S[C@@H]2c3c(OC(C)=O)c(C)c4c(c3[C@H](COC1=O)N1[C@@H]2C2NC(Cc3cc(C)c(OC)c(O)c32)[C@@H]1O)OCO4. The number of hydrogen-bond acceptors (Lipinski definition) is 15. The van der Waals surface area contributed by atoms with Gasteiger partial charge in [0, 0.05) is 47.3 Å². The van der Waals surface area contributed by atoms with Gasteiger partial charge in [-0.1, -0.05) is 6.07 Å². The fraction of sp³-hybridized carbons (Fsp3) is 0.459. The summed E-state index contributed by atoms with van der Waals surface area (Å²) in [5.41, 5.74) is 5.30. The number of rotatable bonds is 3. The van der Waals surface area contributed by atoms with E-state index in [9.17, 15) is 24.9 Å². The third-order valence-electron chi connectivity index (χ3n) is 11.4. The number of benzene rings is 3. The number of hydrogen-bond donors (Lipinski definition) is 5. The largest absolute Gasteiger partial charge is 0.504 e. The van der Waals surface area contributed by atoms with E-state index in [0.717, 1.165) is 16.7 Å². The number of phenols is 2. The predicted molar refractivity (Wildman–Crippen MR) is 185 cm³/mol. The number of aliphatic hydroxyl groups is 1. The number of esters is 2. The number of nitrogens with one attached hydrogen (secondary N) is 2. The first-order valence-corrected chi connectivity index (χ1v) is 18.1. The molecule has 15 heteroatoms. The van der Waals surface area contributed by atoms with E-state index >= 15 is 0 Å². The number of aryl methyl sites for hydroxylation is 1. The molecule has 5 N–H and O–H groups in total. The number of carbonyl (C=O) groups excluding carboxylic acids is 2. The van der Waals surface area contributed by atoms with Crippen molar-refractivity contribution in [3.05, 3.63) is 62.7 Å². The van der Waals surface area contributed by atoms with Gasteiger partial charge in [-0.05, 0) is 55.5 Å². The average Bonchev–Trinajstić information content (AvgIpc) is 3.63. The van der Waals surface area contributed by atoms with Gasteiger partial charge in [-0.15, -0.1) is 11.8 Å². The van der Waals surface area contributed by atoms with Crippen LogP contribution in [0.4, 0.5) is 0 Å². The van der Waals surface area contributed by atoms with Gasteiger partial charge in [0.1, 0.15) is 18.6 Å².